The molecule has 0 saturated heterocycles. The first kappa shape index (κ1) is 23.7. The maximum absolute atomic E-state index is 14.3. The fourth-order valence-electron chi connectivity index (χ4n) is 5.80. The normalized spacial score (nSPS) is 34.0. The highest BCUT2D eigenvalue weighted by Crippen LogP contribution is 2.65. The molecular formula is C27H38O4. The molecule has 170 valence electrons. The molecular weight excluding hydrogens is 388 g/mol. The highest BCUT2D eigenvalue weighted by Gasteiger charge is 2.74. The van der Waals surface area contributed by atoms with Crippen LogP contribution in [0, 0.1) is 28.1 Å². The third-order valence-electron chi connectivity index (χ3n) is 8.07. The summed E-state index contributed by atoms with van der Waals surface area (Å²) in [5.41, 5.74) is -2.48. The zero-order valence-electron chi connectivity index (χ0n) is 20.6. The van der Waals surface area contributed by atoms with Crippen molar-refractivity contribution in [2.24, 2.45) is 28.1 Å². The maximum Gasteiger partial charge on any atom is 0.187 e. The van der Waals surface area contributed by atoms with Crippen LogP contribution in [0.4, 0.5) is 0 Å². The van der Waals surface area contributed by atoms with E-state index in [4.69, 9.17) is 4.74 Å². The van der Waals surface area contributed by atoms with Gasteiger partial charge in [-0.3, -0.25) is 14.4 Å². The molecule has 1 fully saturated rings. The standard InChI is InChI=1S/C27H38O4/c1-10-17(4)20(28)27-21(29)19-13-14-24(5,6)31-22(19)26(9,23(27)30)15-18(25(27,7)8)12-11-16(2)3/h11,13-14,17-18H,10,12,15H2,1-9H3/t17?,18-,26+,27-/m1/s1. The first-order valence-corrected chi connectivity index (χ1v) is 11.6. The van der Waals surface area contributed by atoms with Gasteiger partial charge in [0.25, 0.3) is 0 Å². The van der Waals surface area contributed by atoms with Gasteiger partial charge in [-0.25, -0.2) is 0 Å². The highest BCUT2D eigenvalue weighted by atomic mass is 16.5. The van der Waals surface area contributed by atoms with Gasteiger partial charge in [0.05, 0.1) is 11.0 Å². The van der Waals surface area contributed by atoms with Crippen molar-refractivity contribution in [3.8, 4) is 0 Å². The minimum Gasteiger partial charge on any atom is -0.486 e. The summed E-state index contributed by atoms with van der Waals surface area (Å²) in [5, 5.41) is 0. The van der Waals surface area contributed by atoms with Gasteiger partial charge in [-0.15, -0.1) is 0 Å². The largest absolute Gasteiger partial charge is 0.486 e. The van der Waals surface area contributed by atoms with Crippen molar-refractivity contribution in [2.75, 3.05) is 0 Å². The van der Waals surface area contributed by atoms with Crippen LogP contribution in [0.15, 0.2) is 35.1 Å². The zero-order chi connectivity index (χ0) is 23.6. The van der Waals surface area contributed by atoms with Gasteiger partial charge in [-0.2, -0.15) is 0 Å². The highest BCUT2D eigenvalue weighted by molar-refractivity contribution is 6.34. The number of hydrogen-bond donors (Lipinski definition) is 0. The second-order valence-corrected chi connectivity index (χ2v) is 11.3. The summed E-state index contributed by atoms with van der Waals surface area (Å²) in [6.45, 7) is 17.5. The van der Waals surface area contributed by atoms with Crippen molar-refractivity contribution < 1.29 is 19.1 Å². The lowest BCUT2D eigenvalue weighted by atomic mass is 9.40. The van der Waals surface area contributed by atoms with Crippen LogP contribution >= 0.6 is 0 Å². The fourth-order valence-corrected chi connectivity index (χ4v) is 5.80. The number of carbonyl (C=O) groups excluding carboxylic acids is 3. The molecule has 2 aliphatic carbocycles. The summed E-state index contributed by atoms with van der Waals surface area (Å²) >= 11 is 0. The number of ketones is 3. The van der Waals surface area contributed by atoms with Gasteiger partial charge in [-0.1, -0.05) is 39.3 Å². The Hall–Kier alpha value is -1.97. The van der Waals surface area contributed by atoms with Crippen LogP contribution in [0.25, 0.3) is 0 Å². The summed E-state index contributed by atoms with van der Waals surface area (Å²) in [6.07, 6.45) is 7.69. The van der Waals surface area contributed by atoms with Gasteiger partial charge in [0.2, 0.25) is 0 Å². The first-order chi connectivity index (χ1) is 14.2. The number of ether oxygens (including phenoxy) is 1. The quantitative estimate of drug-likeness (QED) is 0.414. The predicted molar refractivity (Wildman–Crippen MR) is 122 cm³/mol. The van der Waals surface area contributed by atoms with E-state index in [-0.39, 0.29) is 29.2 Å². The summed E-state index contributed by atoms with van der Waals surface area (Å²) in [4.78, 5) is 42.4. The third-order valence-corrected chi connectivity index (χ3v) is 8.07. The molecule has 0 aromatic rings. The van der Waals surface area contributed by atoms with Crippen molar-refractivity contribution in [3.05, 3.63) is 35.1 Å². The topological polar surface area (TPSA) is 60.4 Å². The molecule has 3 rings (SSSR count). The molecule has 4 heteroatoms. The number of carbonyl (C=O) groups is 3. The van der Waals surface area contributed by atoms with E-state index in [1.807, 2.05) is 68.4 Å². The molecule has 0 aromatic carbocycles. The van der Waals surface area contributed by atoms with Crippen molar-refractivity contribution in [2.45, 2.75) is 87.2 Å². The van der Waals surface area contributed by atoms with Crippen LogP contribution < -0.4 is 0 Å². The molecule has 1 unspecified atom stereocenters. The van der Waals surface area contributed by atoms with Gasteiger partial charge in [0.1, 0.15) is 11.4 Å². The van der Waals surface area contributed by atoms with Gasteiger partial charge < -0.3 is 4.74 Å². The van der Waals surface area contributed by atoms with Crippen molar-refractivity contribution in [3.63, 3.8) is 0 Å². The van der Waals surface area contributed by atoms with E-state index in [1.54, 1.807) is 6.08 Å². The smallest absolute Gasteiger partial charge is 0.187 e. The zero-order valence-corrected chi connectivity index (χ0v) is 20.6. The predicted octanol–water partition coefficient (Wildman–Crippen LogP) is 5.77. The van der Waals surface area contributed by atoms with E-state index in [1.165, 1.54) is 5.57 Å². The van der Waals surface area contributed by atoms with E-state index in [0.717, 1.165) is 6.42 Å². The Labute approximate surface area is 187 Å². The van der Waals surface area contributed by atoms with E-state index in [2.05, 4.69) is 6.08 Å². The lowest BCUT2D eigenvalue weighted by Crippen LogP contribution is -2.70. The van der Waals surface area contributed by atoms with Gasteiger partial charge >= 0.3 is 0 Å². The van der Waals surface area contributed by atoms with Crippen LogP contribution in [0.5, 0.6) is 0 Å². The Balaban J connectivity index is 2.35. The molecule has 0 spiro atoms. The molecule has 4 nitrogen and oxygen atoms in total. The number of rotatable bonds is 5. The molecule has 3 aliphatic rings. The van der Waals surface area contributed by atoms with Gasteiger partial charge in [-0.05, 0) is 77.4 Å². The Kier molecular flexibility index (Phi) is 5.56. The Bertz CT molecular complexity index is 925. The van der Waals surface area contributed by atoms with E-state index in [0.29, 0.717) is 24.2 Å². The first-order valence-electron chi connectivity index (χ1n) is 11.6. The van der Waals surface area contributed by atoms with Crippen molar-refractivity contribution in [1.82, 2.24) is 0 Å². The Morgan fingerprint density at radius 1 is 1.19 bits per heavy atom. The molecule has 31 heavy (non-hydrogen) atoms. The Morgan fingerprint density at radius 2 is 1.81 bits per heavy atom. The minimum absolute atomic E-state index is 0.00581. The van der Waals surface area contributed by atoms with Crippen LogP contribution in [0.2, 0.25) is 0 Å². The van der Waals surface area contributed by atoms with Crippen molar-refractivity contribution in [1.29, 1.82) is 0 Å². The number of hydrogen-bond acceptors (Lipinski definition) is 4. The second kappa shape index (κ2) is 7.28. The molecule has 0 amide bonds. The second-order valence-electron chi connectivity index (χ2n) is 11.3. The molecule has 1 heterocycles. The third kappa shape index (κ3) is 3.12. The summed E-state index contributed by atoms with van der Waals surface area (Å²) in [5.74, 6) is -0.778. The van der Waals surface area contributed by atoms with E-state index >= 15 is 0 Å². The van der Waals surface area contributed by atoms with Crippen LogP contribution in [-0.2, 0) is 19.1 Å². The number of allylic oxidation sites excluding steroid dienone is 5. The van der Waals surface area contributed by atoms with Gasteiger partial charge in [0.15, 0.2) is 22.8 Å². The summed E-state index contributed by atoms with van der Waals surface area (Å²) in [7, 11) is 0. The lowest BCUT2D eigenvalue weighted by molar-refractivity contribution is -0.178. The molecule has 0 N–H and O–H groups in total. The summed E-state index contributed by atoms with van der Waals surface area (Å²) in [6, 6.07) is 0. The molecule has 0 radical (unpaired) electrons. The maximum atomic E-state index is 14.3. The lowest BCUT2D eigenvalue weighted by Gasteiger charge is -2.60. The molecule has 2 bridgehead atoms. The molecule has 1 aliphatic heterocycles. The van der Waals surface area contributed by atoms with Crippen LogP contribution in [0.1, 0.15) is 81.6 Å². The molecule has 1 saturated carbocycles. The van der Waals surface area contributed by atoms with Crippen LogP contribution in [-0.4, -0.2) is 23.0 Å². The van der Waals surface area contributed by atoms with E-state index in [9.17, 15) is 14.4 Å². The number of fused-ring (bicyclic) bond motifs is 3. The van der Waals surface area contributed by atoms with Crippen molar-refractivity contribution >= 4 is 17.3 Å². The van der Waals surface area contributed by atoms with Gasteiger partial charge in [0, 0.05) is 5.92 Å². The average Bonchev–Trinajstić information content (AvgIpc) is 2.67. The summed E-state index contributed by atoms with van der Waals surface area (Å²) < 4.78 is 6.29. The molecule has 4 atom stereocenters. The van der Waals surface area contributed by atoms with E-state index < -0.39 is 21.8 Å². The van der Waals surface area contributed by atoms with Crippen LogP contribution in [0.3, 0.4) is 0 Å². The monoisotopic (exact) mass is 426 g/mol. The molecule has 0 aromatic heterocycles. The Morgan fingerprint density at radius 3 is 2.35 bits per heavy atom. The minimum atomic E-state index is -1.68. The fraction of sp³-hybridized carbons (Fsp3) is 0.667. The number of Topliss-reactive ketones (excluding diaryl/α,β-unsaturated/α-hetero) is 3. The SMILES string of the molecule is CCC(C)C(=O)[C@]12C(=O)C3=C(OC(C)(C)C=C3)[C@](C)(C[C@@H](CC=C(C)C)C1(C)C)C2=O. The average molecular weight is 427 g/mol.